The molecule has 1 atom stereocenters. The van der Waals surface area contributed by atoms with Gasteiger partial charge in [-0.3, -0.25) is 0 Å². The fraction of sp³-hybridized carbons (Fsp3) is 0.700. The van der Waals surface area contributed by atoms with Gasteiger partial charge < -0.3 is 5.32 Å². The second-order valence-electron chi connectivity index (χ2n) is 6.60. The highest BCUT2D eigenvalue weighted by molar-refractivity contribution is 5.25. The van der Waals surface area contributed by atoms with E-state index in [4.69, 9.17) is 0 Å². The summed E-state index contributed by atoms with van der Waals surface area (Å²) in [5, 5.41) is 3.73. The summed E-state index contributed by atoms with van der Waals surface area (Å²) in [5.41, 5.74) is 2.92. The molecule has 0 spiro atoms. The van der Waals surface area contributed by atoms with Crippen LogP contribution in [-0.2, 0) is 6.42 Å². The van der Waals surface area contributed by atoms with Crippen LogP contribution < -0.4 is 5.32 Å². The molecule has 1 nitrogen and oxygen atoms in total. The number of benzene rings is 1. The number of rotatable bonds is 11. The minimum absolute atomic E-state index is 0.627. The highest BCUT2D eigenvalue weighted by Gasteiger charge is 2.09. The monoisotopic (exact) mass is 289 g/mol. The van der Waals surface area contributed by atoms with Gasteiger partial charge in [-0.25, -0.2) is 0 Å². The van der Waals surface area contributed by atoms with Crippen LogP contribution in [0, 0.1) is 0 Å². The average Bonchev–Trinajstić information content (AvgIpc) is 2.49. The highest BCUT2D eigenvalue weighted by Crippen LogP contribution is 2.17. The quantitative estimate of drug-likeness (QED) is 0.516. The van der Waals surface area contributed by atoms with Crippen LogP contribution in [-0.4, -0.2) is 12.6 Å². The fourth-order valence-electron chi connectivity index (χ4n) is 2.77. The standard InChI is InChI=1S/C20H35N/c1-5-7-8-9-10-20(21-15-6-2)16-18-11-13-19(14-12-18)17(3)4/h11-14,17,20-21H,5-10,15-16H2,1-4H3. The molecule has 0 bridgehead atoms. The number of hydrogen-bond donors (Lipinski definition) is 1. The lowest BCUT2D eigenvalue weighted by Gasteiger charge is -2.19. The third-order valence-electron chi connectivity index (χ3n) is 4.22. The van der Waals surface area contributed by atoms with Crippen molar-refractivity contribution in [3.8, 4) is 0 Å². The molecule has 1 aromatic carbocycles. The molecular formula is C20H35N. The van der Waals surface area contributed by atoms with Crippen molar-refractivity contribution in [3.63, 3.8) is 0 Å². The summed E-state index contributed by atoms with van der Waals surface area (Å²) < 4.78 is 0. The van der Waals surface area contributed by atoms with Gasteiger partial charge in [0.1, 0.15) is 0 Å². The van der Waals surface area contributed by atoms with E-state index in [1.54, 1.807) is 0 Å². The van der Waals surface area contributed by atoms with E-state index < -0.39 is 0 Å². The molecule has 1 heteroatoms. The smallest absolute Gasteiger partial charge is 0.0107 e. The summed E-state index contributed by atoms with van der Waals surface area (Å²) in [4.78, 5) is 0. The summed E-state index contributed by atoms with van der Waals surface area (Å²) in [6.45, 7) is 10.2. The van der Waals surface area contributed by atoms with Gasteiger partial charge in [0, 0.05) is 6.04 Å². The third kappa shape index (κ3) is 7.66. The zero-order valence-corrected chi connectivity index (χ0v) is 14.6. The Morgan fingerprint density at radius 1 is 0.905 bits per heavy atom. The lowest BCUT2D eigenvalue weighted by molar-refractivity contribution is 0.453. The summed E-state index contributed by atoms with van der Waals surface area (Å²) in [5.74, 6) is 0.627. The number of hydrogen-bond acceptors (Lipinski definition) is 1. The van der Waals surface area contributed by atoms with Gasteiger partial charge in [-0.1, -0.05) is 77.6 Å². The van der Waals surface area contributed by atoms with Gasteiger partial charge in [0.15, 0.2) is 0 Å². The van der Waals surface area contributed by atoms with E-state index >= 15 is 0 Å². The maximum Gasteiger partial charge on any atom is 0.0107 e. The van der Waals surface area contributed by atoms with Crippen LogP contribution in [0.25, 0.3) is 0 Å². The van der Waals surface area contributed by atoms with Crippen molar-refractivity contribution in [3.05, 3.63) is 35.4 Å². The molecule has 0 aliphatic carbocycles. The van der Waals surface area contributed by atoms with Crippen molar-refractivity contribution < 1.29 is 0 Å². The molecule has 0 fully saturated rings. The van der Waals surface area contributed by atoms with Gasteiger partial charge in [0.2, 0.25) is 0 Å². The summed E-state index contributed by atoms with van der Waals surface area (Å²) in [6.07, 6.45) is 9.15. The molecule has 21 heavy (non-hydrogen) atoms. The van der Waals surface area contributed by atoms with Crippen molar-refractivity contribution in [1.82, 2.24) is 5.32 Å². The lowest BCUT2D eigenvalue weighted by atomic mass is 9.97. The first-order chi connectivity index (χ1) is 10.2. The molecular weight excluding hydrogens is 254 g/mol. The average molecular weight is 290 g/mol. The van der Waals surface area contributed by atoms with Gasteiger partial charge in [0.25, 0.3) is 0 Å². The predicted molar refractivity (Wildman–Crippen MR) is 95.1 cm³/mol. The molecule has 0 saturated carbocycles. The van der Waals surface area contributed by atoms with E-state index in [1.165, 1.54) is 56.1 Å². The molecule has 0 saturated heterocycles. The first kappa shape index (κ1) is 18.2. The van der Waals surface area contributed by atoms with E-state index in [1.807, 2.05) is 0 Å². The van der Waals surface area contributed by atoms with Crippen LogP contribution >= 0.6 is 0 Å². The van der Waals surface area contributed by atoms with Crippen LogP contribution in [0.4, 0.5) is 0 Å². The third-order valence-corrected chi connectivity index (χ3v) is 4.22. The van der Waals surface area contributed by atoms with Gasteiger partial charge in [-0.05, 0) is 42.9 Å². The maximum absolute atomic E-state index is 3.73. The highest BCUT2D eigenvalue weighted by atomic mass is 14.9. The van der Waals surface area contributed by atoms with Crippen LogP contribution in [0.1, 0.15) is 83.3 Å². The largest absolute Gasteiger partial charge is 0.314 e. The van der Waals surface area contributed by atoms with Crippen molar-refractivity contribution >= 4 is 0 Å². The number of nitrogens with one attached hydrogen (secondary N) is 1. The van der Waals surface area contributed by atoms with Crippen molar-refractivity contribution in [2.75, 3.05) is 6.54 Å². The maximum atomic E-state index is 3.73. The predicted octanol–water partition coefficient (Wildman–Crippen LogP) is 5.69. The number of unbranched alkanes of at least 4 members (excludes halogenated alkanes) is 3. The van der Waals surface area contributed by atoms with Crippen molar-refractivity contribution in [2.24, 2.45) is 0 Å². The molecule has 0 aliphatic rings. The van der Waals surface area contributed by atoms with Crippen LogP contribution in [0.15, 0.2) is 24.3 Å². The molecule has 0 aromatic heterocycles. The first-order valence-corrected chi connectivity index (χ1v) is 8.99. The summed E-state index contributed by atoms with van der Waals surface area (Å²) >= 11 is 0. The van der Waals surface area contributed by atoms with E-state index in [9.17, 15) is 0 Å². The fourth-order valence-corrected chi connectivity index (χ4v) is 2.77. The molecule has 0 amide bonds. The zero-order valence-electron chi connectivity index (χ0n) is 14.6. The lowest BCUT2D eigenvalue weighted by Crippen LogP contribution is -2.31. The molecule has 120 valence electrons. The normalized spacial score (nSPS) is 12.8. The van der Waals surface area contributed by atoms with E-state index in [2.05, 4.69) is 57.3 Å². The SMILES string of the molecule is CCCCCCC(Cc1ccc(C(C)C)cc1)NCCC. The Morgan fingerprint density at radius 2 is 1.62 bits per heavy atom. The molecule has 1 aromatic rings. The van der Waals surface area contributed by atoms with Crippen molar-refractivity contribution in [2.45, 2.75) is 84.6 Å². The minimum atomic E-state index is 0.627. The molecule has 1 N–H and O–H groups in total. The van der Waals surface area contributed by atoms with Crippen LogP contribution in [0.5, 0.6) is 0 Å². The minimum Gasteiger partial charge on any atom is -0.314 e. The van der Waals surface area contributed by atoms with Crippen LogP contribution in [0.3, 0.4) is 0 Å². The Bertz CT molecular complexity index is 353. The van der Waals surface area contributed by atoms with Gasteiger partial charge in [0.05, 0.1) is 0 Å². The Hall–Kier alpha value is -0.820. The summed E-state index contributed by atoms with van der Waals surface area (Å²) in [7, 11) is 0. The van der Waals surface area contributed by atoms with Gasteiger partial charge >= 0.3 is 0 Å². The molecule has 0 aliphatic heterocycles. The molecule has 0 heterocycles. The van der Waals surface area contributed by atoms with E-state index in [-0.39, 0.29) is 0 Å². The second kappa shape index (κ2) is 10.8. The van der Waals surface area contributed by atoms with Gasteiger partial charge in [-0.15, -0.1) is 0 Å². The molecule has 1 unspecified atom stereocenters. The second-order valence-corrected chi connectivity index (χ2v) is 6.60. The van der Waals surface area contributed by atoms with E-state index in [0.29, 0.717) is 12.0 Å². The van der Waals surface area contributed by atoms with Crippen LogP contribution in [0.2, 0.25) is 0 Å². The Labute approximate surface area is 132 Å². The molecule has 1 rings (SSSR count). The van der Waals surface area contributed by atoms with Crippen molar-refractivity contribution in [1.29, 1.82) is 0 Å². The topological polar surface area (TPSA) is 12.0 Å². The Kier molecular flexibility index (Phi) is 9.41. The Balaban J connectivity index is 2.49. The van der Waals surface area contributed by atoms with E-state index in [0.717, 1.165) is 6.54 Å². The van der Waals surface area contributed by atoms with Gasteiger partial charge in [-0.2, -0.15) is 0 Å². The zero-order chi connectivity index (χ0) is 15.5. The summed E-state index contributed by atoms with van der Waals surface area (Å²) in [6, 6.07) is 9.89. The Morgan fingerprint density at radius 3 is 2.19 bits per heavy atom. The molecule has 0 radical (unpaired) electrons. The first-order valence-electron chi connectivity index (χ1n) is 8.99.